The van der Waals surface area contributed by atoms with Crippen LogP contribution in [0.2, 0.25) is 0 Å². The predicted octanol–water partition coefficient (Wildman–Crippen LogP) is 4.46. The Morgan fingerprint density at radius 1 is 1.12 bits per heavy atom. The first-order chi connectivity index (χ1) is 7.99. The van der Waals surface area contributed by atoms with Gasteiger partial charge in [-0.3, -0.25) is 0 Å². The molecular weight excluding hydrogens is 418 g/mol. The van der Waals surface area contributed by atoms with Gasteiger partial charge in [-0.25, -0.2) is 4.79 Å². The number of carbonyl (C=O) groups is 1. The molecule has 0 aliphatic rings. The van der Waals surface area contributed by atoms with Crippen molar-refractivity contribution in [2.75, 3.05) is 0 Å². The minimum absolute atomic E-state index is 0.208. The average molecular weight is 424 g/mol. The number of aromatic nitrogens is 1. The van der Waals surface area contributed by atoms with Gasteiger partial charge in [0.25, 0.3) is 0 Å². The average Bonchev–Trinajstić information content (AvgIpc) is 2.60. The monoisotopic (exact) mass is 421 g/mol. The van der Waals surface area contributed by atoms with E-state index in [1.807, 2.05) is 18.2 Å². The van der Waals surface area contributed by atoms with Gasteiger partial charge in [0.2, 0.25) is 0 Å². The zero-order valence-electron chi connectivity index (χ0n) is 8.32. The molecule has 0 amide bonds. The van der Waals surface area contributed by atoms with Crippen molar-refractivity contribution in [1.29, 1.82) is 0 Å². The molecule has 88 valence electrons. The van der Waals surface area contributed by atoms with Crippen LogP contribution >= 0.6 is 47.8 Å². The van der Waals surface area contributed by atoms with Gasteiger partial charge in [0.1, 0.15) is 5.69 Å². The van der Waals surface area contributed by atoms with Gasteiger partial charge in [-0.1, -0.05) is 15.9 Å². The maximum Gasteiger partial charge on any atom is 0.352 e. The van der Waals surface area contributed by atoms with E-state index < -0.39 is 5.97 Å². The lowest BCUT2D eigenvalue weighted by Crippen LogP contribution is -2.06. The van der Waals surface area contributed by atoms with Crippen LogP contribution < -0.4 is 0 Å². The molecule has 0 atom stereocenters. The fourth-order valence-corrected chi connectivity index (χ4v) is 3.13. The van der Waals surface area contributed by atoms with Crippen molar-refractivity contribution in [3.05, 3.63) is 49.6 Å². The Labute approximate surface area is 123 Å². The van der Waals surface area contributed by atoms with E-state index in [1.54, 1.807) is 16.8 Å². The summed E-state index contributed by atoms with van der Waals surface area (Å²) in [5.74, 6) is -0.967. The molecule has 0 spiro atoms. The summed E-state index contributed by atoms with van der Waals surface area (Å²) in [6.07, 6.45) is 1.72. The predicted molar refractivity (Wildman–Crippen MR) is 75.8 cm³/mol. The van der Waals surface area contributed by atoms with E-state index in [4.69, 9.17) is 5.11 Å². The molecule has 0 saturated carbocycles. The Bertz CT molecular complexity index is 592. The van der Waals surface area contributed by atoms with Gasteiger partial charge in [0.05, 0.1) is 5.69 Å². The molecule has 0 saturated heterocycles. The highest BCUT2D eigenvalue weighted by Crippen LogP contribution is 2.28. The van der Waals surface area contributed by atoms with Crippen LogP contribution in [0.15, 0.2) is 43.9 Å². The van der Waals surface area contributed by atoms with Crippen LogP contribution in [0.1, 0.15) is 10.5 Å². The van der Waals surface area contributed by atoms with Crippen molar-refractivity contribution in [2.45, 2.75) is 0 Å². The van der Waals surface area contributed by atoms with Gasteiger partial charge in [-0.05, 0) is 56.1 Å². The van der Waals surface area contributed by atoms with E-state index in [-0.39, 0.29) is 5.69 Å². The van der Waals surface area contributed by atoms with Gasteiger partial charge in [0.15, 0.2) is 0 Å². The van der Waals surface area contributed by atoms with Crippen molar-refractivity contribution >= 4 is 53.8 Å². The van der Waals surface area contributed by atoms with Crippen LogP contribution in [0, 0.1) is 0 Å². The molecule has 17 heavy (non-hydrogen) atoms. The number of halogens is 3. The summed E-state index contributed by atoms with van der Waals surface area (Å²) >= 11 is 10.1. The van der Waals surface area contributed by atoms with Gasteiger partial charge in [-0.2, -0.15) is 0 Å². The SMILES string of the molecule is O=C(O)c1cc(Br)cn1-c1ccc(Br)cc1Br. The van der Waals surface area contributed by atoms with E-state index in [9.17, 15) is 4.79 Å². The molecule has 0 aliphatic heterocycles. The van der Waals surface area contributed by atoms with Crippen molar-refractivity contribution in [2.24, 2.45) is 0 Å². The van der Waals surface area contributed by atoms with Crippen molar-refractivity contribution in [3.8, 4) is 5.69 Å². The van der Waals surface area contributed by atoms with Crippen molar-refractivity contribution in [3.63, 3.8) is 0 Å². The molecule has 6 heteroatoms. The number of benzene rings is 1. The number of nitrogens with zero attached hydrogens (tertiary/aromatic N) is 1. The Morgan fingerprint density at radius 2 is 1.82 bits per heavy atom. The zero-order chi connectivity index (χ0) is 12.6. The normalized spacial score (nSPS) is 10.5. The Hall–Kier alpha value is -0.590. The number of carboxylic acids is 1. The summed E-state index contributed by atoms with van der Waals surface area (Å²) in [6.45, 7) is 0. The largest absolute Gasteiger partial charge is 0.477 e. The number of carboxylic acid groups (broad SMARTS) is 1. The van der Waals surface area contributed by atoms with Gasteiger partial charge in [0, 0.05) is 19.6 Å². The van der Waals surface area contributed by atoms with Crippen LogP contribution in [-0.2, 0) is 0 Å². The maximum atomic E-state index is 11.1. The second-order valence-corrected chi connectivity index (χ2v) is 6.00. The summed E-state index contributed by atoms with van der Waals surface area (Å²) in [4.78, 5) is 11.1. The standard InChI is InChI=1S/C11H6Br3NO2/c12-6-1-2-9(8(14)3-6)15-5-7(13)4-10(15)11(16)17/h1-5H,(H,16,17). The van der Waals surface area contributed by atoms with E-state index in [0.717, 1.165) is 19.1 Å². The molecule has 0 bridgehead atoms. The second-order valence-electron chi connectivity index (χ2n) is 3.31. The third-order valence-corrected chi connectivity index (χ3v) is 3.74. The third kappa shape index (κ3) is 2.64. The van der Waals surface area contributed by atoms with E-state index >= 15 is 0 Å². The topological polar surface area (TPSA) is 42.2 Å². The Morgan fingerprint density at radius 3 is 2.41 bits per heavy atom. The summed E-state index contributed by atoms with van der Waals surface area (Å²) in [5, 5.41) is 9.12. The van der Waals surface area contributed by atoms with Crippen LogP contribution in [0.4, 0.5) is 0 Å². The van der Waals surface area contributed by atoms with Gasteiger partial charge >= 0.3 is 5.97 Å². The summed E-state index contributed by atoms with van der Waals surface area (Å²) in [7, 11) is 0. The third-order valence-electron chi connectivity index (χ3n) is 2.17. The molecule has 1 aromatic heterocycles. The highest BCUT2D eigenvalue weighted by molar-refractivity contribution is 9.11. The first kappa shape index (κ1) is 12.9. The molecule has 0 aliphatic carbocycles. The van der Waals surface area contributed by atoms with Gasteiger partial charge < -0.3 is 9.67 Å². The molecule has 0 radical (unpaired) electrons. The molecule has 1 N–H and O–H groups in total. The lowest BCUT2D eigenvalue weighted by Gasteiger charge is -2.08. The van der Waals surface area contributed by atoms with E-state index in [1.165, 1.54) is 0 Å². The molecular formula is C11H6Br3NO2. The molecule has 2 aromatic rings. The molecule has 0 fully saturated rings. The fraction of sp³-hybridized carbons (Fsp3) is 0. The molecule has 2 rings (SSSR count). The van der Waals surface area contributed by atoms with Crippen LogP contribution in [0.3, 0.4) is 0 Å². The number of hydrogen-bond acceptors (Lipinski definition) is 1. The lowest BCUT2D eigenvalue weighted by molar-refractivity contribution is 0.0688. The van der Waals surface area contributed by atoms with Gasteiger partial charge in [-0.15, -0.1) is 0 Å². The highest BCUT2D eigenvalue weighted by atomic mass is 79.9. The minimum atomic E-state index is -0.967. The lowest BCUT2D eigenvalue weighted by atomic mass is 10.3. The summed E-state index contributed by atoms with van der Waals surface area (Å²) < 4.78 is 4.08. The molecule has 3 nitrogen and oxygen atoms in total. The Balaban J connectivity index is 2.63. The minimum Gasteiger partial charge on any atom is -0.477 e. The number of aromatic carboxylic acids is 1. The maximum absolute atomic E-state index is 11.1. The number of rotatable bonds is 2. The quantitative estimate of drug-likeness (QED) is 0.774. The van der Waals surface area contributed by atoms with E-state index in [2.05, 4.69) is 47.8 Å². The summed E-state index contributed by atoms with van der Waals surface area (Å²) in [6, 6.07) is 7.14. The highest BCUT2D eigenvalue weighted by Gasteiger charge is 2.14. The smallest absolute Gasteiger partial charge is 0.352 e. The summed E-state index contributed by atoms with van der Waals surface area (Å²) in [5.41, 5.74) is 0.983. The Kier molecular flexibility index (Phi) is 3.75. The molecule has 0 unspecified atom stereocenters. The number of hydrogen-bond donors (Lipinski definition) is 1. The van der Waals surface area contributed by atoms with Crippen LogP contribution in [-0.4, -0.2) is 15.6 Å². The fourth-order valence-electron chi connectivity index (χ4n) is 1.47. The van der Waals surface area contributed by atoms with Crippen molar-refractivity contribution < 1.29 is 9.90 Å². The zero-order valence-corrected chi connectivity index (χ0v) is 13.1. The molecule has 1 heterocycles. The van der Waals surface area contributed by atoms with Crippen molar-refractivity contribution in [1.82, 2.24) is 4.57 Å². The van der Waals surface area contributed by atoms with Crippen LogP contribution in [0.25, 0.3) is 5.69 Å². The second kappa shape index (κ2) is 4.96. The first-order valence-electron chi connectivity index (χ1n) is 4.55. The molecule has 1 aromatic carbocycles. The van der Waals surface area contributed by atoms with Crippen LogP contribution in [0.5, 0.6) is 0 Å². The first-order valence-corrected chi connectivity index (χ1v) is 6.93. The van der Waals surface area contributed by atoms with E-state index in [0.29, 0.717) is 0 Å².